The van der Waals surface area contributed by atoms with Gasteiger partial charge in [0.1, 0.15) is 33.2 Å². The number of carbonyl (C=O) groups excluding carboxylic acids is 1. The fourth-order valence-electron chi connectivity index (χ4n) is 4.04. The first-order valence-corrected chi connectivity index (χ1v) is 13.4. The lowest BCUT2D eigenvalue weighted by atomic mass is 9.94. The Hall–Kier alpha value is -3.54. The highest BCUT2D eigenvalue weighted by atomic mass is 32.1. The van der Waals surface area contributed by atoms with Gasteiger partial charge >= 0.3 is 6.09 Å². The Morgan fingerprint density at radius 3 is 2.61 bits per heavy atom. The molecule has 202 valence electrons. The van der Waals surface area contributed by atoms with Gasteiger partial charge in [0, 0.05) is 10.9 Å². The molecule has 4 aromatic rings. The van der Waals surface area contributed by atoms with Crippen molar-refractivity contribution in [3.05, 3.63) is 40.7 Å². The number of nitrogens with one attached hydrogen (secondary N) is 1. The van der Waals surface area contributed by atoms with Gasteiger partial charge in [-0.05, 0) is 64.7 Å². The lowest BCUT2D eigenvalue weighted by molar-refractivity contribution is 0.0502. The summed E-state index contributed by atoms with van der Waals surface area (Å²) in [6.07, 6.45) is 2.80. The van der Waals surface area contributed by atoms with Gasteiger partial charge in [0.05, 0.1) is 11.8 Å². The maximum atomic E-state index is 13.7. The highest BCUT2D eigenvalue weighted by Gasteiger charge is 2.23. The van der Waals surface area contributed by atoms with E-state index < -0.39 is 18.1 Å². The maximum absolute atomic E-state index is 13.7. The van der Waals surface area contributed by atoms with E-state index in [1.807, 2.05) is 40.7 Å². The molecule has 0 aromatic carbocycles. The summed E-state index contributed by atoms with van der Waals surface area (Å²) in [6, 6.07) is 3.29. The summed E-state index contributed by atoms with van der Waals surface area (Å²) in [5.74, 6) is 0.357. The molecule has 0 bridgehead atoms. The third kappa shape index (κ3) is 6.12. The van der Waals surface area contributed by atoms with E-state index in [4.69, 9.17) is 4.74 Å². The number of amides is 1. The number of nitrogens with zero attached hydrogens (tertiary/aromatic N) is 6. The molecule has 4 aromatic heterocycles. The third-order valence-corrected chi connectivity index (χ3v) is 6.73. The Balaban J connectivity index is 0.00000164. The van der Waals surface area contributed by atoms with Crippen molar-refractivity contribution >= 4 is 39.0 Å². The van der Waals surface area contributed by atoms with Crippen molar-refractivity contribution in [1.29, 1.82) is 0 Å². The molecule has 1 atom stereocenters. The van der Waals surface area contributed by atoms with Crippen molar-refractivity contribution in [2.75, 3.05) is 0 Å². The van der Waals surface area contributed by atoms with Crippen LogP contribution in [0.15, 0.2) is 24.4 Å². The summed E-state index contributed by atoms with van der Waals surface area (Å²) in [5, 5.41) is 11.3. The van der Waals surface area contributed by atoms with Crippen LogP contribution in [0.5, 0.6) is 0 Å². The largest absolute Gasteiger partial charge is 0.444 e. The van der Waals surface area contributed by atoms with E-state index in [-0.39, 0.29) is 22.9 Å². The number of aromatic nitrogens is 6. The lowest BCUT2D eigenvalue weighted by Gasteiger charge is -2.25. The van der Waals surface area contributed by atoms with Gasteiger partial charge in [-0.1, -0.05) is 19.9 Å². The molecule has 5 rings (SSSR count). The van der Waals surface area contributed by atoms with Gasteiger partial charge in [-0.2, -0.15) is 0 Å². The molecule has 0 saturated heterocycles. The first kappa shape index (κ1) is 27.5. The molecule has 1 unspecified atom stereocenters. The predicted molar refractivity (Wildman–Crippen MR) is 143 cm³/mol. The van der Waals surface area contributed by atoms with Crippen LogP contribution in [0, 0.1) is 6.92 Å². The number of fused-ring (bicyclic) bond motifs is 2. The molecule has 1 aliphatic rings. The van der Waals surface area contributed by atoms with Crippen molar-refractivity contribution in [1.82, 2.24) is 35.1 Å². The van der Waals surface area contributed by atoms with Gasteiger partial charge < -0.3 is 10.1 Å². The van der Waals surface area contributed by atoms with Gasteiger partial charge in [0.15, 0.2) is 5.65 Å². The first-order chi connectivity index (χ1) is 18.1. The molecule has 1 amide bonds. The molecule has 12 heteroatoms. The molecular formula is C26H31F2N7O2S. The summed E-state index contributed by atoms with van der Waals surface area (Å²) in [5.41, 5.74) is 1.76. The van der Waals surface area contributed by atoms with E-state index >= 15 is 0 Å². The zero-order valence-electron chi connectivity index (χ0n) is 22.2. The van der Waals surface area contributed by atoms with E-state index in [1.54, 1.807) is 6.92 Å². The topological polar surface area (TPSA) is 107 Å². The van der Waals surface area contributed by atoms with Gasteiger partial charge in [-0.3, -0.25) is 4.98 Å². The van der Waals surface area contributed by atoms with E-state index in [1.165, 1.54) is 29.2 Å². The van der Waals surface area contributed by atoms with Crippen LogP contribution in [0.25, 0.3) is 33.0 Å². The van der Waals surface area contributed by atoms with Crippen LogP contribution in [0.3, 0.4) is 0 Å². The quantitative estimate of drug-likeness (QED) is 0.312. The van der Waals surface area contributed by atoms with Crippen molar-refractivity contribution in [2.24, 2.45) is 0 Å². The number of alkyl carbamates (subject to hydrolysis) is 1. The fourth-order valence-corrected chi connectivity index (χ4v) is 5.10. The minimum atomic E-state index is -2.73. The average molecular weight is 544 g/mol. The maximum Gasteiger partial charge on any atom is 0.407 e. The number of halogens is 2. The van der Waals surface area contributed by atoms with Gasteiger partial charge in [-0.15, -0.1) is 26.2 Å². The lowest BCUT2D eigenvalue weighted by Crippen LogP contribution is -2.39. The van der Waals surface area contributed by atoms with Crippen molar-refractivity contribution < 1.29 is 18.3 Å². The number of thiophene rings is 1. The number of ether oxygens (including phenoxy) is 1. The molecule has 0 aliphatic heterocycles. The van der Waals surface area contributed by atoms with Crippen LogP contribution in [-0.4, -0.2) is 47.5 Å². The van der Waals surface area contributed by atoms with Crippen LogP contribution in [0.1, 0.15) is 76.6 Å². The number of carbonyl (C=O) groups is 1. The summed E-state index contributed by atoms with van der Waals surface area (Å²) in [6.45, 7) is 11.1. The minimum Gasteiger partial charge on any atom is -0.444 e. The molecule has 38 heavy (non-hydrogen) atoms. The molecule has 1 aliphatic carbocycles. The number of hydrogen-bond acceptors (Lipinski definition) is 8. The number of alkyl halides is 2. The van der Waals surface area contributed by atoms with Gasteiger partial charge in [0.25, 0.3) is 6.43 Å². The molecular weight excluding hydrogens is 512 g/mol. The Bertz CT molecular complexity index is 1490. The molecule has 4 heterocycles. The fraction of sp³-hybridized carbons (Fsp3) is 0.462. The van der Waals surface area contributed by atoms with Gasteiger partial charge in [0.2, 0.25) is 0 Å². The SMILES string of the molecule is CC.Cc1nc2c(C(F)F)cc(-c3cnc4cc(C5=CCC(NC(=O)OC(C)(C)C)CC5)sc4n3)nn2n1. The molecule has 9 nitrogen and oxygen atoms in total. The second-order valence-electron chi connectivity index (χ2n) is 9.66. The van der Waals surface area contributed by atoms with E-state index in [9.17, 15) is 13.6 Å². The first-order valence-electron chi connectivity index (χ1n) is 12.5. The normalized spacial score (nSPS) is 15.8. The summed E-state index contributed by atoms with van der Waals surface area (Å²) in [4.78, 5) is 27.0. The van der Waals surface area contributed by atoms with Crippen LogP contribution < -0.4 is 5.32 Å². The number of aryl methyl sites for hydroxylation is 1. The van der Waals surface area contributed by atoms with E-state index in [0.717, 1.165) is 27.9 Å². The Kier molecular flexibility index (Phi) is 8.00. The average Bonchev–Trinajstić information content (AvgIpc) is 3.45. The van der Waals surface area contributed by atoms with Crippen LogP contribution >= 0.6 is 11.3 Å². The van der Waals surface area contributed by atoms with E-state index in [0.29, 0.717) is 22.8 Å². The standard InChI is InChI=1S/C24H25F2N7O2S.C2H6/c1-12-28-21-15(20(25)26)9-16(32-33(21)31-12)18-11-27-17-10-19(36-22(17)30-18)13-5-7-14(8-6-13)29-23(34)35-24(2,3)4;1-2/h5,9-11,14,20H,6-8H2,1-4H3,(H,29,34);1-2H3. The summed E-state index contributed by atoms with van der Waals surface area (Å²) >= 11 is 1.49. The molecule has 0 saturated carbocycles. The van der Waals surface area contributed by atoms with Gasteiger partial charge in [-0.25, -0.2) is 23.5 Å². The number of allylic oxidation sites excluding steroid dienone is 1. The second kappa shape index (κ2) is 11.1. The third-order valence-electron chi connectivity index (χ3n) is 5.64. The van der Waals surface area contributed by atoms with Crippen molar-refractivity contribution in [3.8, 4) is 11.4 Å². The molecule has 0 radical (unpaired) electrons. The highest BCUT2D eigenvalue weighted by molar-refractivity contribution is 7.19. The second-order valence-corrected chi connectivity index (χ2v) is 10.7. The monoisotopic (exact) mass is 543 g/mol. The number of rotatable bonds is 4. The predicted octanol–water partition coefficient (Wildman–Crippen LogP) is 6.53. The zero-order chi connectivity index (χ0) is 27.6. The summed E-state index contributed by atoms with van der Waals surface area (Å²) in [7, 11) is 0. The van der Waals surface area contributed by atoms with Crippen LogP contribution in [-0.2, 0) is 4.74 Å². The Morgan fingerprint density at radius 1 is 1.18 bits per heavy atom. The van der Waals surface area contributed by atoms with Crippen molar-refractivity contribution in [2.45, 2.75) is 78.9 Å². The molecule has 0 spiro atoms. The number of hydrogen-bond donors (Lipinski definition) is 1. The Labute approximate surface area is 223 Å². The smallest absolute Gasteiger partial charge is 0.407 e. The summed E-state index contributed by atoms with van der Waals surface area (Å²) < 4.78 is 33.8. The highest BCUT2D eigenvalue weighted by Crippen LogP contribution is 2.35. The molecule has 0 fully saturated rings. The van der Waals surface area contributed by atoms with E-state index in [2.05, 4.69) is 36.5 Å². The van der Waals surface area contributed by atoms with Crippen LogP contribution in [0.2, 0.25) is 0 Å². The van der Waals surface area contributed by atoms with Crippen LogP contribution in [0.4, 0.5) is 13.6 Å². The molecule has 1 N–H and O–H groups in total. The van der Waals surface area contributed by atoms with Crippen molar-refractivity contribution in [3.63, 3.8) is 0 Å². The Morgan fingerprint density at radius 2 is 1.95 bits per heavy atom. The zero-order valence-corrected chi connectivity index (χ0v) is 23.1. The minimum absolute atomic E-state index is 0.0197.